The fourth-order valence-electron chi connectivity index (χ4n) is 1.75. The lowest BCUT2D eigenvalue weighted by atomic mass is 10.1. The van der Waals surface area contributed by atoms with Crippen molar-refractivity contribution >= 4 is 12.0 Å². The van der Waals surface area contributed by atoms with Crippen LogP contribution in [0.15, 0.2) is 49.1 Å². The van der Waals surface area contributed by atoms with E-state index in [4.69, 9.17) is 0 Å². The molecule has 120 valence electrons. The Morgan fingerprint density at radius 1 is 1.17 bits per heavy atom. The monoisotopic (exact) mass is 324 g/mol. The van der Waals surface area contributed by atoms with Crippen LogP contribution in [0.3, 0.4) is 0 Å². The average Bonchev–Trinajstić information content (AvgIpc) is 2.99. The van der Waals surface area contributed by atoms with Crippen LogP contribution in [-0.2, 0) is 6.18 Å². The van der Waals surface area contributed by atoms with Gasteiger partial charge in [-0.1, -0.05) is 18.2 Å². The predicted octanol–water partition coefficient (Wildman–Crippen LogP) is 3.22. The normalized spacial score (nSPS) is 12.3. The smallest absolute Gasteiger partial charge is 0.417 e. The fourth-order valence-corrected chi connectivity index (χ4v) is 1.75. The van der Waals surface area contributed by atoms with Gasteiger partial charge in [0.05, 0.1) is 5.56 Å². The molecule has 0 saturated heterocycles. The molecule has 5 nitrogen and oxygen atoms in total. The highest BCUT2D eigenvalue weighted by molar-refractivity contribution is 5.90. The Kier molecular flexibility index (Phi) is 4.54. The molecule has 0 aliphatic rings. The van der Waals surface area contributed by atoms with Gasteiger partial charge < -0.3 is 10.2 Å². The minimum absolute atomic E-state index is 0.340. The molecule has 0 amide bonds. The summed E-state index contributed by atoms with van der Waals surface area (Å²) >= 11 is 0. The van der Waals surface area contributed by atoms with Gasteiger partial charge in [-0.15, -0.1) is 0 Å². The number of phenols is 2. The highest BCUT2D eigenvalue weighted by Crippen LogP contribution is 2.38. The maximum atomic E-state index is 12.9. The summed E-state index contributed by atoms with van der Waals surface area (Å²) in [6, 6.07) is 1.23. The molecule has 1 aromatic heterocycles. The van der Waals surface area contributed by atoms with Crippen LogP contribution in [0.5, 0.6) is 11.5 Å². The summed E-state index contributed by atoms with van der Waals surface area (Å²) in [5.74, 6) is -1.95. The molecule has 0 radical (unpaired) electrons. The molecule has 2 N–H and O–H groups in total. The van der Waals surface area contributed by atoms with Crippen molar-refractivity contribution in [2.24, 2.45) is 0 Å². The van der Waals surface area contributed by atoms with Crippen LogP contribution in [0.1, 0.15) is 15.9 Å². The fraction of sp³-hybridized carbons (Fsp3) is 0.0667. The number of nitrogens with zero attached hydrogens (tertiary/aromatic N) is 2. The van der Waals surface area contributed by atoms with Gasteiger partial charge in [-0.3, -0.25) is 9.36 Å². The maximum Gasteiger partial charge on any atom is 0.417 e. The Balaban J connectivity index is 2.22. The Labute approximate surface area is 128 Å². The van der Waals surface area contributed by atoms with Gasteiger partial charge in [-0.05, 0) is 17.7 Å². The first-order valence-corrected chi connectivity index (χ1v) is 6.29. The molecule has 0 saturated carbocycles. The van der Waals surface area contributed by atoms with Gasteiger partial charge in [0.15, 0.2) is 11.5 Å². The van der Waals surface area contributed by atoms with Gasteiger partial charge in [0, 0.05) is 18.5 Å². The van der Waals surface area contributed by atoms with Gasteiger partial charge in [0.2, 0.25) is 0 Å². The van der Waals surface area contributed by atoms with Crippen molar-refractivity contribution in [3.8, 4) is 11.5 Å². The number of benzene rings is 1. The number of phenolic OH excluding ortho intramolecular Hbond substituents is 2. The summed E-state index contributed by atoms with van der Waals surface area (Å²) in [5, 5.41) is 18.5. The standard InChI is InChI=1S/C15H11F3N2O3/c16-15(17,18)11-8-13(22)12(21)7-10(11)3-1-2-4-14(23)20-6-5-19-9-20/h1-9,21-22H/b3-1+,4-2+. The van der Waals surface area contributed by atoms with E-state index in [2.05, 4.69) is 4.98 Å². The van der Waals surface area contributed by atoms with Crippen molar-refractivity contribution < 1.29 is 28.2 Å². The molecule has 23 heavy (non-hydrogen) atoms. The Hall–Kier alpha value is -3.03. The van der Waals surface area contributed by atoms with Crippen LogP contribution in [0.25, 0.3) is 6.08 Å². The number of allylic oxidation sites excluding steroid dienone is 3. The van der Waals surface area contributed by atoms with E-state index in [0.717, 1.165) is 18.2 Å². The van der Waals surface area contributed by atoms with Crippen LogP contribution in [0.4, 0.5) is 13.2 Å². The molecule has 8 heteroatoms. The zero-order valence-electron chi connectivity index (χ0n) is 11.5. The van der Waals surface area contributed by atoms with Crippen LogP contribution in [0.2, 0.25) is 0 Å². The van der Waals surface area contributed by atoms with Gasteiger partial charge in [-0.2, -0.15) is 13.2 Å². The highest BCUT2D eigenvalue weighted by atomic mass is 19.4. The van der Waals surface area contributed by atoms with Crippen LogP contribution >= 0.6 is 0 Å². The highest BCUT2D eigenvalue weighted by Gasteiger charge is 2.33. The second-order valence-corrected chi connectivity index (χ2v) is 4.45. The van der Waals surface area contributed by atoms with Gasteiger partial charge >= 0.3 is 6.18 Å². The van der Waals surface area contributed by atoms with Crippen molar-refractivity contribution in [3.05, 3.63) is 60.2 Å². The number of carbonyl (C=O) groups excluding carboxylic acids is 1. The van der Waals surface area contributed by atoms with E-state index < -0.39 is 29.1 Å². The molecule has 0 unspecified atom stereocenters. The number of alkyl halides is 3. The van der Waals surface area contributed by atoms with Crippen molar-refractivity contribution in [2.45, 2.75) is 6.18 Å². The second kappa shape index (κ2) is 6.39. The first kappa shape index (κ1) is 16.3. The van der Waals surface area contributed by atoms with Crippen molar-refractivity contribution in [1.29, 1.82) is 0 Å². The van der Waals surface area contributed by atoms with Crippen molar-refractivity contribution in [1.82, 2.24) is 9.55 Å². The second-order valence-electron chi connectivity index (χ2n) is 4.45. The Morgan fingerprint density at radius 3 is 2.48 bits per heavy atom. The summed E-state index contributed by atoms with van der Waals surface area (Å²) in [7, 11) is 0. The number of halogens is 3. The molecule has 1 aromatic carbocycles. The van der Waals surface area contributed by atoms with Gasteiger partial charge in [0.25, 0.3) is 5.91 Å². The van der Waals surface area contributed by atoms with E-state index in [-0.39, 0.29) is 5.56 Å². The Morgan fingerprint density at radius 2 is 1.87 bits per heavy atom. The third-order valence-electron chi connectivity index (χ3n) is 2.84. The van der Waals surface area contributed by atoms with Crippen LogP contribution < -0.4 is 0 Å². The molecule has 0 spiro atoms. The van der Waals surface area contributed by atoms with Gasteiger partial charge in [0.1, 0.15) is 6.33 Å². The molecule has 0 atom stereocenters. The first-order chi connectivity index (χ1) is 10.8. The zero-order chi connectivity index (χ0) is 17.0. The summed E-state index contributed by atoms with van der Waals surface area (Å²) in [4.78, 5) is 15.3. The van der Waals surface area contributed by atoms with E-state index in [9.17, 15) is 28.2 Å². The minimum atomic E-state index is -4.69. The largest absolute Gasteiger partial charge is 0.504 e. The van der Waals surface area contributed by atoms with E-state index in [1.807, 2.05) is 0 Å². The number of rotatable bonds is 3. The third-order valence-corrected chi connectivity index (χ3v) is 2.84. The van der Waals surface area contributed by atoms with Crippen LogP contribution in [-0.4, -0.2) is 25.7 Å². The van der Waals surface area contributed by atoms with Gasteiger partial charge in [-0.25, -0.2) is 4.98 Å². The molecule has 0 bridgehead atoms. The number of aromatic hydroxyl groups is 2. The Bertz CT molecular complexity index is 763. The number of aromatic nitrogens is 2. The number of hydrogen-bond acceptors (Lipinski definition) is 4. The zero-order valence-corrected chi connectivity index (χ0v) is 11.5. The molecule has 1 heterocycles. The average molecular weight is 324 g/mol. The molecule has 0 aliphatic carbocycles. The third kappa shape index (κ3) is 4.00. The minimum Gasteiger partial charge on any atom is -0.504 e. The predicted molar refractivity (Wildman–Crippen MR) is 75.8 cm³/mol. The lowest BCUT2D eigenvalue weighted by Crippen LogP contribution is -2.07. The lowest BCUT2D eigenvalue weighted by molar-refractivity contribution is -0.137. The molecule has 2 aromatic rings. The topological polar surface area (TPSA) is 75.3 Å². The summed E-state index contributed by atoms with van der Waals surface area (Å²) in [6.45, 7) is 0. The number of hydrogen-bond donors (Lipinski definition) is 2. The van der Waals surface area contributed by atoms with Crippen LogP contribution in [0, 0.1) is 0 Å². The SMILES string of the molecule is O=C(/C=C/C=C/c1cc(O)c(O)cc1C(F)(F)F)n1ccnc1. The molecular weight excluding hydrogens is 313 g/mol. The number of imidazole rings is 1. The molecule has 0 fully saturated rings. The number of carbonyl (C=O) groups is 1. The summed E-state index contributed by atoms with van der Waals surface area (Å²) in [5.41, 5.74) is -1.44. The van der Waals surface area contributed by atoms with E-state index in [0.29, 0.717) is 6.07 Å². The van der Waals surface area contributed by atoms with Crippen molar-refractivity contribution in [3.63, 3.8) is 0 Å². The summed E-state index contributed by atoms with van der Waals surface area (Å²) < 4.78 is 39.8. The molecule has 0 aliphatic heterocycles. The first-order valence-electron chi connectivity index (χ1n) is 6.29. The summed E-state index contributed by atoms with van der Waals surface area (Å²) in [6.07, 6.45) is 4.12. The quantitative estimate of drug-likeness (QED) is 0.516. The van der Waals surface area contributed by atoms with E-state index in [1.54, 1.807) is 0 Å². The molecule has 2 rings (SSSR count). The maximum absolute atomic E-state index is 12.9. The van der Waals surface area contributed by atoms with E-state index >= 15 is 0 Å². The van der Waals surface area contributed by atoms with E-state index in [1.165, 1.54) is 35.4 Å². The molecular formula is C15H11F3N2O3. The van der Waals surface area contributed by atoms with Crippen molar-refractivity contribution in [2.75, 3.05) is 0 Å². The lowest BCUT2D eigenvalue weighted by Gasteiger charge is -2.11.